The molecular formula is C17H22N4O3. The Balaban J connectivity index is 1.42. The predicted molar refractivity (Wildman–Crippen MR) is 89.7 cm³/mol. The summed E-state index contributed by atoms with van der Waals surface area (Å²) in [5, 5.41) is 14.4. The highest BCUT2D eigenvalue weighted by molar-refractivity contribution is 5.80. The molecule has 7 nitrogen and oxygen atoms in total. The van der Waals surface area contributed by atoms with Crippen LogP contribution < -0.4 is 5.32 Å². The molecule has 0 aliphatic carbocycles. The topological polar surface area (TPSA) is 80.0 Å². The van der Waals surface area contributed by atoms with Gasteiger partial charge in [0.2, 0.25) is 0 Å². The summed E-state index contributed by atoms with van der Waals surface area (Å²) in [6, 6.07) is 6.83. The number of ether oxygens (including phenoxy) is 1. The summed E-state index contributed by atoms with van der Waals surface area (Å²) in [4.78, 5) is 17.4. The molecule has 2 bridgehead atoms. The first kappa shape index (κ1) is 15.4. The summed E-state index contributed by atoms with van der Waals surface area (Å²) in [5.41, 5.74) is 0.816. The summed E-state index contributed by atoms with van der Waals surface area (Å²) in [6.45, 7) is 2.32. The first-order valence-electron chi connectivity index (χ1n) is 8.50. The molecular weight excluding hydrogens is 308 g/mol. The molecule has 0 amide bonds. The number of likely N-dealkylation sites (tertiary alicyclic amines) is 1. The molecule has 1 N–H and O–H groups in total. The molecule has 3 aliphatic rings. The zero-order chi connectivity index (χ0) is 16.7. The Bertz CT molecular complexity index is 660. The number of rotatable bonds is 3. The van der Waals surface area contributed by atoms with Crippen LogP contribution in [0.3, 0.4) is 0 Å². The Morgan fingerprint density at radius 2 is 2.00 bits per heavy atom. The molecule has 3 fully saturated rings. The molecule has 0 aromatic heterocycles. The Hall–Kier alpha value is -2.15. The van der Waals surface area contributed by atoms with Crippen LogP contribution in [0, 0.1) is 22.0 Å². The predicted octanol–water partition coefficient (Wildman–Crippen LogP) is 1.78. The van der Waals surface area contributed by atoms with E-state index < -0.39 is 0 Å². The van der Waals surface area contributed by atoms with Gasteiger partial charge in [-0.15, -0.1) is 0 Å². The Kier molecular flexibility index (Phi) is 3.88. The van der Waals surface area contributed by atoms with Gasteiger partial charge in [0.1, 0.15) is 0 Å². The normalized spacial score (nSPS) is 31.4. The molecule has 4 atom stereocenters. The van der Waals surface area contributed by atoms with Crippen molar-refractivity contribution < 1.29 is 9.66 Å². The highest BCUT2D eigenvalue weighted by Crippen LogP contribution is 2.47. The Labute approximate surface area is 140 Å². The van der Waals surface area contributed by atoms with E-state index in [-0.39, 0.29) is 10.6 Å². The molecule has 24 heavy (non-hydrogen) atoms. The number of aliphatic imine (C=N–C) groups is 1. The summed E-state index contributed by atoms with van der Waals surface area (Å²) < 4.78 is 6.01. The average molecular weight is 330 g/mol. The van der Waals surface area contributed by atoms with E-state index in [1.807, 2.05) is 6.07 Å². The van der Waals surface area contributed by atoms with Gasteiger partial charge in [-0.2, -0.15) is 0 Å². The number of hydrogen-bond donors (Lipinski definition) is 1. The number of guanidine groups is 1. The molecule has 0 saturated carbocycles. The molecule has 0 spiro atoms. The molecule has 0 radical (unpaired) electrons. The molecule has 1 aromatic rings. The van der Waals surface area contributed by atoms with Crippen molar-refractivity contribution in [3.63, 3.8) is 0 Å². The van der Waals surface area contributed by atoms with Crippen LogP contribution in [-0.4, -0.2) is 48.1 Å². The van der Waals surface area contributed by atoms with Crippen molar-refractivity contribution in [2.24, 2.45) is 16.8 Å². The van der Waals surface area contributed by atoms with E-state index in [0.717, 1.165) is 19.0 Å². The minimum atomic E-state index is -0.338. The van der Waals surface area contributed by atoms with Gasteiger partial charge in [-0.05, 0) is 12.8 Å². The van der Waals surface area contributed by atoms with Crippen LogP contribution in [0.15, 0.2) is 29.3 Å². The van der Waals surface area contributed by atoms with Crippen LogP contribution in [0.25, 0.3) is 0 Å². The lowest BCUT2D eigenvalue weighted by molar-refractivity contribution is -0.385. The van der Waals surface area contributed by atoms with E-state index in [2.05, 4.69) is 15.2 Å². The van der Waals surface area contributed by atoms with E-state index in [9.17, 15) is 10.1 Å². The molecule has 7 heteroatoms. The summed E-state index contributed by atoms with van der Waals surface area (Å²) >= 11 is 0. The van der Waals surface area contributed by atoms with Gasteiger partial charge in [-0.1, -0.05) is 18.2 Å². The van der Waals surface area contributed by atoms with Crippen LogP contribution in [0.2, 0.25) is 0 Å². The van der Waals surface area contributed by atoms with E-state index in [1.165, 1.54) is 18.9 Å². The zero-order valence-electron chi connectivity index (χ0n) is 13.7. The van der Waals surface area contributed by atoms with Crippen molar-refractivity contribution >= 4 is 11.6 Å². The van der Waals surface area contributed by atoms with Gasteiger partial charge in [-0.3, -0.25) is 15.1 Å². The lowest BCUT2D eigenvalue weighted by Crippen LogP contribution is -2.41. The summed E-state index contributed by atoms with van der Waals surface area (Å²) in [5.74, 6) is 2.03. The van der Waals surface area contributed by atoms with Crippen molar-refractivity contribution in [3.8, 4) is 0 Å². The number of nitrogens with one attached hydrogen (secondary N) is 1. The van der Waals surface area contributed by atoms with Crippen LogP contribution in [-0.2, 0) is 11.3 Å². The Morgan fingerprint density at radius 1 is 1.33 bits per heavy atom. The van der Waals surface area contributed by atoms with Crippen molar-refractivity contribution in [2.75, 3.05) is 20.1 Å². The number of para-hydroxylation sites is 1. The standard InChI is InChI=1S/C17H22N4O3/c1-18-17(19-8-11-4-2-3-5-14(11)21(22)23)20-9-12-13(10-20)16-7-6-15(12)24-16/h2-5,12-13,15-16H,6-10H2,1H3,(H,18,19). The molecule has 1 aromatic carbocycles. The highest BCUT2D eigenvalue weighted by Gasteiger charge is 2.53. The van der Waals surface area contributed by atoms with Gasteiger partial charge in [0.05, 0.1) is 17.1 Å². The number of benzene rings is 1. The summed E-state index contributed by atoms with van der Waals surface area (Å²) in [7, 11) is 1.76. The number of nitrogens with zero attached hydrogens (tertiary/aromatic N) is 3. The zero-order valence-corrected chi connectivity index (χ0v) is 13.7. The van der Waals surface area contributed by atoms with Gasteiger partial charge < -0.3 is 15.0 Å². The fourth-order valence-corrected chi connectivity index (χ4v) is 4.48. The van der Waals surface area contributed by atoms with Crippen LogP contribution >= 0.6 is 0 Å². The first-order chi connectivity index (χ1) is 11.7. The highest BCUT2D eigenvalue weighted by atomic mass is 16.6. The van der Waals surface area contributed by atoms with Crippen LogP contribution in [0.4, 0.5) is 5.69 Å². The minimum absolute atomic E-state index is 0.144. The fourth-order valence-electron chi connectivity index (χ4n) is 4.48. The SMILES string of the molecule is CN=C(NCc1ccccc1[N+](=O)[O-])N1CC2C3CCC(O3)C2C1. The summed E-state index contributed by atoms with van der Waals surface area (Å²) in [6.07, 6.45) is 3.20. The van der Waals surface area contributed by atoms with E-state index in [4.69, 9.17) is 4.74 Å². The molecule has 3 aliphatic heterocycles. The van der Waals surface area contributed by atoms with Crippen molar-refractivity contribution in [2.45, 2.75) is 31.6 Å². The largest absolute Gasteiger partial charge is 0.374 e. The second-order valence-electron chi connectivity index (χ2n) is 6.81. The third kappa shape index (κ3) is 2.53. The van der Waals surface area contributed by atoms with Gasteiger partial charge in [-0.25, -0.2) is 0 Å². The van der Waals surface area contributed by atoms with E-state index in [1.54, 1.807) is 19.2 Å². The first-order valence-corrected chi connectivity index (χ1v) is 8.50. The van der Waals surface area contributed by atoms with Crippen molar-refractivity contribution in [1.82, 2.24) is 10.2 Å². The smallest absolute Gasteiger partial charge is 0.274 e. The molecule has 4 rings (SSSR count). The maximum Gasteiger partial charge on any atom is 0.274 e. The molecule has 3 saturated heterocycles. The third-order valence-electron chi connectivity index (χ3n) is 5.59. The average Bonchev–Trinajstić information content (AvgIpc) is 3.28. The van der Waals surface area contributed by atoms with E-state index >= 15 is 0 Å². The second-order valence-corrected chi connectivity index (χ2v) is 6.81. The minimum Gasteiger partial charge on any atom is -0.374 e. The van der Waals surface area contributed by atoms with Gasteiger partial charge in [0.15, 0.2) is 5.96 Å². The van der Waals surface area contributed by atoms with Gasteiger partial charge in [0.25, 0.3) is 5.69 Å². The quantitative estimate of drug-likeness (QED) is 0.395. The van der Waals surface area contributed by atoms with Crippen LogP contribution in [0.1, 0.15) is 18.4 Å². The number of hydrogen-bond acceptors (Lipinski definition) is 4. The fraction of sp³-hybridized carbons (Fsp3) is 0.588. The number of nitro benzene ring substituents is 1. The molecule has 4 unspecified atom stereocenters. The lowest BCUT2D eigenvalue weighted by atomic mass is 9.82. The Morgan fingerprint density at radius 3 is 2.62 bits per heavy atom. The number of nitro groups is 1. The monoisotopic (exact) mass is 330 g/mol. The molecule has 3 heterocycles. The van der Waals surface area contributed by atoms with Crippen LogP contribution in [0.5, 0.6) is 0 Å². The van der Waals surface area contributed by atoms with Crippen molar-refractivity contribution in [1.29, 1.82) is 0 Å². The van der Waals surface area contributed by atoms with Crippen molar-refractivity contribution in [3.05, 3.63) is 39.9 Å². The lowest BCUT2D eigenvalue weighted by Gasteiger charge is -2.23. The maximum absolute atomic E-state index is 11.1. The number of fused-ring (bicyclic) bond motifs is 5. The van der Waals surface area contributed by atoms with E-state index in [0.29, 0.717) is 36.2 Å². The second kappa shape index (κ2) is 6.05. The third-order valence-corrected chi connectivity index (χ3v) is 5.59. The van der Waals surface area contributed by atoms with Gasteiger partial charge in [0, 0.05) is 50.1 Å². The van der Waals surface area contributed by atoms with Gasteiger partial charge >= 0.3 is 0 Å². The maximum atomic E-state index is 11.1. The molecule has 128 valence electrons.